The molecule has 2 amide bonds. The van der Waals surface area contributed by atoms with Crippen molar-refractivity contribution >= 4 is 17.8 Å². The molecule has 0 aliphatic carbocycles. The Hall–Kier alpha value is -4.33. The highest BCUT2D eigenvalue weighted by Crippen LogP contribution is 2.27. The number of benzene rings is 3. The molecule has 3 aromatic rings. The highest BCUT2D eigenvalue weighted by molar-refractivity contribution is 5.96. The van der Waals surface area contributed by atoms with Crippen LogP contribution in [0.2, 0.25) is 0 Å². The number of methoxy groups -OCH3 is 2. The van der Waals surface area contributed by atoms with E-state index in [0.717, 1.165) is 16.7 Å². The van der Waals surface area contributed by atoms with Gasteiger partial charge >= 0.3 is 5.97 Å². The molecule has 182 valence electrons. The molecule has 8 heteroatoms. The second-order valence-corrected chi connectivity index (χ2v) is 7.58. The van der Waals surface area contributed by atoms with Gasteiger partial charge in [-0.05, 0) is 47.4 Å². The van der Waals surface area contributed by atoms with E-state index in [1.807, 2.05) is 54.6 Å². The summed E-state index contributed by atoms with van der Waals surface area (Å²) in [5.41, 5.74) is 3.41. The lowest BCUT2D eigenvalue weighted by molar-refractivity contribution is -0.147. The molecule has 0 saturated carbocycles. The van der Waals surface area contributed by atoms with Gasteiger partial charge in [0, 0.05) is 12.1 Å². The summed E-state index contributed by atoms with van der Waals surface area (Å²) in [6.45, 7) is -0.397. The van der Waals surface area contributed by atoms with Crippen molar-refractivity contribution < 1.29 is 28.6 Å². The molecular weight excluding hydrogens is 448 g/mol. The first-order valence-corrected chi connectivity index (χ1v) is 11.1. The van der Waals surface area contributed by atoms with Gasteiger partial charge in [-0.25, -0.2) is 0 Å². The van der Waals surface area contributed by atoms with Crippen molar-refractivity contribution in [3.8, 4) is 22.6 Å². The van der Waals surface area contributed by atoms with Crippen molar-refractivity contribution in [2.75, 3.05) is 33.9 Å². The molecule has 0 aliphatic rings. The van der Waals surface area contributed by atoms with Crippen LogP contribution in [0.4, 0.5) is 0 Å². The molecule has 0 radical (unpaired) electrons. The first-order valence-electron chi connectivity index (χ1n) is 11.1. The van der Waals surface area contributed by atoms with Crippen LogP contribution in [-0.4, -0.2) is 51.7 Å². The fraction of sp³-hybridized carbons (Fsp3) is 0.222. The van der Waals surface area contributed by atoms with Gasteiger partial charge in [0.15, 0.2) is 18.1 Å². The van der Waals surface area contributed by atoms with Crippen LogP contribution in [0, 0.1) is 0 Å². The number of hydrogen-bond donors (Lipinski definition) is 2. The molecule has 0 aliphatic heterocycles. The van der Waals surface area contributed by atoms with E-state index in [1.54, 1.807) is 32.4 Å². The predicted octanol–water partition coefficient (Wildman–Crippen LogP) is 3.00. The van der Waals surface area contributed by atoms with Crippen LogP contribution in [0.1, 0.15) is 15.9 Å². The van der Waals surface area contributed by atoms with Gasteiger partial charge in [0.05, 0.1) is 14.2 Å². The standard InChI is InChI=1S/C27H28N2O6/c1-33-23-13-8-19(16-24(23)34-2)14-15-28-25(30)18-35-26(31)17-29-27(32)22-11-9-21(10-12-22)20-6-4-3-5-7-20/h3-13,16H,14-15,17-18H2,1-2H3,(H,28,30)(H,29,32). The van der Waals surface area contributed by atoms with E-state index >= 15 is 0 Å². The van der Waals surface area contributed by atoms with Gasteiger partial charge in [0.25, 0.3) is 11.8 Å². The van der Waals surface area contributed by atoms with E-state index < -0.39 is 24.4 Å². The van der Waals surface area contributed by atoms with Crippen LogP contribution in [0.25, 0.3) is 11.1 Å². The highest BCUT2D eigenvalue weighted by Gasteiger charge is 2.11. The van der Waals surface area contributed by atoms with Crippen LogP contribution in [0.15, 0.2) is 72.8 Å². The Labute approximate surface area is 204 Å². The summed E-state index contributed by atoms with van der Waals surface area (Å²) < 4.78 is 15.4. The van der Waals surface area contributed by atoms with Gasteiger partial charge in [-0.15, -0.1) is 0 Å². The summed E-state index contributed by atoms with van der Waals surface area (Å²) in [5.74, 6) is -0.292. The van der Waals surface area contributed by atoms with Crippen molar-refractivity contribution in [3.05, 3.63) is 83.9 Å². The lowest BCUT2D eigenvalue weighted by Gasteiger charge is -2.10. The number of carbonyl (C=O) groups is 3. The minimum absolute atomic E-state index is 0.335. The fourth-order valence-corrected chi connectivity index (χ4v) is 3.33. The second kappa shape index (κ2) is 12.8. The van der Waals surface area contributed by atoms with Gasteiger partial charge in [0.1, 0.15) is 6.54 Å². The second-order valence-electron chi connectivity index (χ2n) is 7.58. The maximum atomic E-state index is 12.3. The Morgan fingerprint density at radius 1 is 0.771 bits per heavy atom. The fourth-order valence-electron chi connectivity index (χ4n) is 3.33. The molecule has 0 atom stereocenters. The third-order valence-electron chi connectivity index (χ3n) is 5.20. The molecule has 0 heterocycles. The van der Waals surface area contributed by atoms with Crippen LogP contribution in [-0.2, 0) is 20.7 Å². The van der Waals surface area contributed by atoms with Gasteiger partial charge in [-0.2, -0.15) is 0 Å². The van der Waals surface area contributed by atoms with Crippen molar-refractivity contribution in [2.45, 2.75) is 6.42 Å². The molecule has 0 aromatic heterocycles. The number of ether oxygens (including phenoxy) is 3. The number of nitrogens with one attached hydrogen (secondary N) is 2. The Balaban J connectivity index is 1.35. The van der Waals surface area contributed by atoms with Crippen LogP contribution in [0.3, 0.4) is 0 Å². The van der Waals surface area contributed by atoms with Gasteiger partial charge in [-0.3, -0.25) is 14.4 Å². The zero-order valence-corrected chi connectivity index (χ0v) is 19.7. The quantitative estimate of drug-likeness (QED) is 0.413. The monoisotopic (exact) mass is 476 g/mol. The molecule has 2 N–H and O–H groups in total. The summed E-state index contributed by atoms with van der Waals surface area (Å²) in [6, 6.07) is 22.4. The van der Waals surface area contributed by atoms with E-state index in [2.05, 4.69) is 10.6 Å². The zero-order valence-electron chi connectivity index (χ0n) is 19.7. The summed E-state index contributed by atoms with van der Waals surface area (Å²) >= 11 is 0. The number of esters is 1. The molecular formula is C27H28N2O6. The lowest BCUT2D eigenvalue weighted by atomic mass is 10.0. The Kier molecular flexibility index (Phi) is 9.24. The number of hydrogen-bond acceptors (Lipinski definition) is 6. The van der Waals surface area contributed by atoms with Crippen LogP contribution >= 0.6 is 0 Å². The molecule has 3 aromatic carbocycles. The highest BCUT2D eigenvalue weighted by atomic mass is 16.5. The average Bonchev–Trinajstić information content (AvgIpc) is 2.91. The molecule has 0 unspecified atom stereocenters. The minimum Gasteiger partial charge on any atom is -0.493 e. The van der Waals surface area contributed by atoms with Crippen molar-refractivity contribution in [1.82, 2.24) is 10.6 Å². The smallest absolute Gasteiger partial charge is 0.325 e. The largest absolute Gasteiger partial charge is 0.493 e. The normalized spacial score (nSPS) is 10.2. The van der Waals surface area contributed by atoms with Gasteiger partial charge in [0.2, 0.25) is 0 Å². The van der Waals surface area contributed by atoms with E-state index in [1.165, 1.54) is 0 Å². The van der Waals surface area contributed by atoms with E-state index in [4.69, 9.17) is 14.2 Å². The average molecular weight is 477 g/mol. The summed E-state index contributed by atoms with van der Waals surface area (Å²) in [5, 5.41) is 5.19. The molecule has 8 nitrogen and oxygen atoms in total. The SMILES string of the molecule is COc1ccc(CCNC(=O)COC(=O)CNC(=O)c2ccc(-c3ccccc3)cc2)cc1OC. The van der Waals surface area contributed by atoms with Gasteiger partial charge < -0.3 is 24.8 Å². The summed E-state index contributed by atoms with van der Waals surface area (Å²) in [4.78, 5) is 36.1. The Bertz CT molecular complexity index is 1150. The van der Waals surface area contributed by atoms with Gasteiger partial charge in [-0.1, -0.05) is 48.5 Å². The first-order chi connectivity index (χ1) is 17.0. The van der Waals surface area contributed by atoms with Crippen molar-refractivity contribution in [1.29, 1.82) is 0 Å². The molecule has 35 heavy (non-hydrogen) atoms. The van der Waals surface area contributed by atoms with Crippen LogP contribution in [0.5, 0.6) is 11.5 Å². The number of amides is 2. The maximum Gasteiger partial charge on any atom is 0.325 e. The third kappa shape index (κ3) is 7.60. The molecule has 0 saturated heterocycles. The van der Waals surface area contributed by atoms with Crippen LogP contribution < -0.4 is 20.1 Å². The van der Waals surface area contributed by atoms with Crippen molar-refractivity contribution in [2.24, 2.45) is 0 Å². The lowest BCUT2D eigenvalue weighted by Crippen LogP contribution is -2.34. The summed E-state index contributed by atoms with van der Waals surface area (Å²) in [6.07, 6.45) is 0.569. The first kappa shape index (κ1) is 25.3. The van der Waals surface area contributed by atoms with E-state index in [0.29, 0.717) is 30.0 Å². The molecule has 0 bridgehead atoms. The molecule has 0 fully saturated rings. The maximum absolute atomic E-state index is 12.3. The predicted molar refractivity (Wildman–Crippen MR) is 131 cm³/mol. The zero-order chi connectivity index (χ0) is 25.0. The third-order valence-corrected chi connectivity index (χ3v) is 5.20. The topological polar surface area (TPSA) is 103 Å². The Morgan fingerprint density at radius 3 is 2.14 bits per heavy atom. The van der Waals surface area contributed by atoms with Crippen molar-refractivity contribution in [3.63, 3.8) is 0 Å². The summed E-state index contributed by atoms with van der Waals surface area (Å²) in [7, 11) is 3.12. The number of rotatable bonds is 11. The number of carbonyl (C=O) groups excluding carboxylic acids is 3. The molecule has 0 spiro atoms. The molecule has 3 rings (SSSR count). The van der Waals surface area contributed by atoms with E-state index in [9.17, 15) is 14.4 Å². The minimum atomic E-state index is -0.700. The Morgan fingerprint density at radius 2 is 1.46 bits per heavy atom. The van der Waals surface area contributed by atoms with E-state index in [-0.39, 0.29) is 6.54 Å².